The van der Waals surface area contributed by atoms with E-state index in [1.807, 2.05) is 30.3 Å². The van der Waals surface area contributed by atoms with Gasteiger partial charge in [-0.25, -0.2) is 0 Å². The van der Waals surface area contributed by atoms with Gasteiger partial charge >= 0.3 is 0 Å². The van der Waals surface area contributed by atoms with Gasteiger partial charge in [0.2, 0.25) is 11.8 Å². The van der Waals surface area contributed by atoms with Gasteiger partial charge in [-0.2, -0.15) is 0 Å². The number of carbonyl (C=O) groups excluding carboxylic acids is 2. The Labute approximate surface area is 152 Å². The summed E-state index contributed by atoms with van der Waals surface area (Å²) in [7, 11) is 1.63. The van der Waals surface area contributed by atoms with Crippen LogP contribution in [0.3, 0.4) is 0 Å². The fourth-order valence-corrected chi connectivity index (χ4v) is 3.23. The largest absolute Gasteiger partial charge is 0.467 e. The van der Waals surface area contributed by atoms with E-state index < -0.39 is 0 Å². The molecule has 2 unspecified atom stereocenters. The average Bonchev–Trinajstić information content (AvgIpc) is 3.18. The van der Waals surface area contributed by atoms with Gasteiger partial charge in [0.05, 0.1) is 12.3 Å². The van der Waals surface area contributed by atoms with Crippen molar-refractivity contribution in [1.29, 1.82) is 0 Å². The molecular formula is C20H24N2O4. The molecule has 0 spiro atoms. The smallest absolute Gasteiger partial charge is 0.227 e. The van der Waals surface area contributed by atoms with Crippen molar-refractivity contribution < 1.29 is 18.7 Å². The van der Waals surface area contributed by atoms with Crippen molar-refractivity contribution in [3.05, 3.63) is 54.0 Å². The summed E-state index contributed by atoms with van der Waals surface area (Å²) in [6, 6.07) is 11.2. The van der Waals surface area contributed by atoms with Gasteiger partial charge < -0.3 is 19.8 Å². The van der Waals surface area contributed by atoms with Gasteiger partial charge in [-0.05, 0) is 43.0 Å². The van der Waals surface area contributed by atoms with Crippen molar-refractivity contribution >= 4 is 17.5 Å². The predicted octanol–water partition coefficient (Wildman–Crippen LogP) is 3.06. The molecule has 26 heavy (non-hydrogen) atoms. The van der Waals surface area contributed by atoms with Crippen LogP contribution in [0.5, 0.6) is 0 Å². The maximum absolute atomic E-state index is 12.4. The Morgan fingerprint density at radius 1 is 1.35 bits per heavy atom. The molecule has 1 aromatic carbocycles. The number of furan rings is 1. The van der Waals surface area contributed by atoms with Crippen molar-refractivity contribution in [2.45, 2.75) is 31.7 Å². The molecule has 0 radical (unpaired) electrons. The summed E-state index contributed by atoms with van der Waals surface area (Å²) in [6.07, 6.45) is 3.70. The van der Waals surface area contributed by atoms with Gasteiger partial charge in [-0.3, -0.25) is 9.59 Å². The Morgan fingerprint density at radius 2 is 2.19 bits per heavy atom. The van der Waals surface area contributed by atoms with E-state index in [-0.39, 0.29) is 23.8 Å². The number of hydrogen-bond acceptors (Lipinski definition) is 4. The van der Waals surface area contributed by atoms with Crippen LogP contribution >= 0.6 is 0 Å². The molecule has 138 valence electrons. The third kappa shape index (κ3) is 4.52. The normalized spacial score (nSPS) is 17.3. The minimum atomic E-state index is -0.224. The zero-order valence-corrected chi connectivity index (χ0v) is 14.9. The Kier molecular flexibility index (Phi) is 6.07. The van der Waals surface area contributed by atoms with Crippen molar-refractivity contribution in [3.8, 4) is 0 Å². The van der Waals surface area contributed by atoms with Crippen molar-refractivity contribution in [1.82, 2.24) is 5.32 Å². The first-order chi connectivity index (χ1) is 12.7. The lowest BCUT2D eigenvalue weighted by atomic mass is 9.89. The molecule has 2 aromatic rings. The first-order valence-electron chi connectivity index (χ1n) is 8.88. The van der Waals surface area contributed by atoms with Crippen LogP contribution in [0.2, 0.25) is 0 Å². The van der Waals surface area contributed by atoms with Crippen LogP contribution in [-0.2, 0) is 20.7 Å². The molecule has 2 N–H and O–H groups in total. The summed E-state index contributed by atoms with van der Waals surface area (Å²) >= 11 is 0. The highest BCUT2D eigenvalue weighted by atomic mass is 16.5. The number of hydrogen-bond donors (Lipinski definition) is 2. The molecule has 2 heterocycles. The second kappa shape index (κ2) is 8.67. The summed E-state index contributed by atoms with van der Waals surface area (Å²) in [4.78, 5) is 24.6. The number of nitrogens with one attached hydrogen (secondary N) is 2. The highest BCUT2D eigenvalue weighted by Crippen LogP contribution is 2.27. The first-order valence-corrected chi connectivity index (χ1v) is 8.88. The number of fused-ring (bicyclic) bond motifs is 1. The molecule has 0 saturated heterocycles. The topological polar surface area (TPSA) is 80.6 Å². The van der Waals surface area contributed by atoms with E-state index in [1.54, 1.807) is 19.4 Å². The van der Waals surface area contributed by atoms with Gasteiger partial charge in [-0.15, -0.1) is 0 Å². The lowest BCUT2D eigenvalue weighted by Gasteiger charge is -2.24. The first kappa shape index (κ1) is 18.2. The van der Waals surface area contributed by atoms with E-state index in [0.29, 0.717) is 38.1 Å². The molecule has 0 aliphatic carbocycles. The molecule has 0 bridgehead atoms. The fraction of sp³-hybridized carbons (Fsp3) is 0.400. The number of methoxy groups -OCH3 is 1. The zero-order chi connectivity index (χ0) is 18.4. The molecule has 6 heteroatoms. The molecule has 3 rings (SSSR count). The van der Waals surface area contributed by atoms with E-state index >= 15 is 0 Å². The summed E-state index contributed by atoms with van der Waals surface area (Å²) in [5.74, 6) is 0.420. The third-order valence-corrected chi connectivity index (χ3v) is 4.66. The standard InChI is InChI=1S/C20H24N2O4/c1-25-12-10-17(18-7-4-11-26-18)21-19(23)9-8-15-13-14-5-2-3-6-16(14)22-20(15)24/h2-7,11,15,17H,8-10,12-13H2,1H3,(H,21,23)(H,22,24). The van der Waals surface area contributed by atoms with E-state index in [0.717, 1.165) is 11.3 Å². The minimum absolute atomic E-state index is 0.0153. The molecule has 2 amide bonds. The van der Waals surface area contributed by atoms with Crippen LogP contribution in [0.4, 0.5) is 5.69 Å². The lowest BCUT2D eigenvalue weighted by molar-refractivity contribution is -0.123. The monoisotopic (exact) mass is 356 g/mol. The van der Waals surface area contributed by atoms with Crippen LogP contribution in [0, 0.1) is 5.92 Å². The number of amides is 2. The maximum atomic E-state index is 12.4. The average molecular weight is 356 g/mol. The molecule has 0 fully saturated rings. The van der Waals surface area contributed by atoms with Gasteiger partial charge in [0.25, 0.3) is 0 Å². The van der Waals surface area contributed by atoms with Crippen LogP contribution in [0.1, 0.15) is 36.6 Å². The van der Waals surface area contributed by atoms with E-state index in [4.69, 9.17) is 9.15 Å². The van der Waals surface area contributed by atoms with Gasteiger partial charge in [0, 0.05) is 31.7 Å². The highest BCUT2D eigenvalue weighted by Gasteiger charge is 2.26. The lowest BCUT2D eigenvalue weighted by Crippen LogP contribution is -2.33. The summed E-state index contributed by atoms with van der Waals surface area (Å²) in [6.45, 7) is 0.521. The Balaban J connectivity index is 1.54. The molecule has 6 nitrogen and oxygen atoms in total. The third-order valence-electron chi connectivity index (χ3n) is 4.66. The number of rotatable bonds is 8. The summed E-state index contributed by atoms with van der Waals surface area (Å²) < 4.78 is 10.5. The van der Waals surface area contributed by atoms with E-state index in [9.17, 15) is 9.59 Å². The zero-order valence-electron chi connectivity index (χ0n) is 14.9. The minimum Gasteiger partial charge on any atom is -0.467 e. The Morgan fingerprint density at radius 3 is 2.96 bits per heavy atom. The summed E-state index contributed by atoms with van der Waals surface area (Å²) in [5, 5.41) is 5.91. The van der Waals surface area contributed by atoms with Gasteiger partial charge in [-0.1, -0.05) is 18.2 Å². The predicted molar refractivity (Wildman–Crippen MR) is 97.6 cm³/mol. The van der Waals surface area contributed by atoms with Crippen LogP contribution in [0.25, 0.3) is 0 Å². The number of benzene rings is 1. The van der Waals surface area contributed by atoms with Crippen molar-refractivity contribution in [2.75, 3.05) is 19.0 Å². The second-order valence-electron chi connectivity index (χ2n) is 6.50. The maximum Gasteiger partial charge on any atom is 0.227 e. The van der Waals surface area contributed by atoms with Crippen molar-refractivity contribution in [3.63, 3.8) is 0 Å². The van der Waals surface area contributed by atoms with Crippen LogP contribution in [-0.4, -0.2) is 25.5 Å². The summed E-state index contributed by atoms with van der Waals surface area (Å²) in [5.41, 5.74) is 1.99. The quantitative estimate of drug-likeness (QED) is 0.762. The molecule has 1 aliphatic rings. The second-order valence-corrected chi connectivity index (χ2v) is 6.50. The SMILES string of the molecule is COCCC(NC(=O)CCC1Cc2ccccc2NC1=O)c1ccco1. The van der Waals surface area contributed by atoms with E-state index in [1.165, 1.54) is 0 Å². The molecular weight excluding hydrogens is 332 g/mol. The molecule has 1 aliphatic heterocycles. The number of ether oxygens (including phenoxy) is 1. The molecule has 2 atom stereocenters. The number of anilines is 1. The number of carbonyl (C=O) groups is 2. The van der Waals surface area contributed by atoms with Crippen molar-refractivity contribution in [2.24, 2.45) is 5.92 Å². The number of para-hydroxylation sites is 1. The van der Waals surface area contributed by atoms with Crippen LogP contribution in [0.15, 0.2) is 47.1 Å². The Hall–Kier alpha value is -2.60. The highest BCUT2D eigenvalue weighted by molar-refractivity contribution is 5.96. The molecule has 1 aromatic heterocycles. The van der Waals surface area contributed by atoms with Gasteiger partial charge in [0.1, 0.15) is 5.76 Å². The fourth-order valence-electron chi connectivity index (χ4n) is 3.23. The van der Waals surface area contributed by atoms with Gasteiger partial charge in [0.15, 0.2) is 0 Å². The Bertz CT molecular complexity index is 742. The van der Waals surface area contributed by atoms with Crippen LogP contribution < -0.4 is 10.6 Å². The molecule has 0 saturated carbocycles. The van der Waals surface area contributed by atoms with E-state index in [2.05, 4.69) is 10.6 Å².